The van der Waals surface area contributed by atoms with Crippen LogP contribution in [0.15, 0.2) is 69.6 Å². The number of nitro groups is 1. The lowest BCUT2D eigenvalue weighted by molar-refractivity contribution is -0.384. The van der Waals surface area contributed by atoms with Crippen molar-refractivity contribution in [3.05, 3.63) is 101 Å². The molecule has 0 aliphatic carbocycles. The van der Waals surface area contributed by atoms with Gasteiger partial charge in [0.1, 0.15) is 5.75 Å². The molecule has 1 aromatic heterocycles. The second kappa shape index (κ2) is 10.1. The van der Waals surface area contributed by atoms with E-state index in [0.29, 0.717) is 31.9 Å². The first kappa shape index (κ1) is 24.7. The van der Waals surface area contributed by atoms with Gasteiger partial charge in [-0.1, -0.05) is 35.6 Å². The molecule has 1 aliphatic heterocycles. The topological polar surface area (TPSA) is 130 Å². The molecule has 0 fully saturated rings. The Morgan fingerprint density at radius 2 is 1.97 bits per heavy atom. The monoisotopic (exact) mass is 507 g/mol. The number of ether oxygens (including phenoxy) is 2. The van der Waals surface area contributed by atoms with Gasteiger partial charge in [0.25, 0.3) is 11.2 Å². The van der Waals surface area contributed by atoms with Crippen molar-refractivity contribution in [3.63, 3.8) is 0 Å². The van der Waals surface area contributed by atoms with Gasteiger partial charge in [-0.25, -0.2) is 9.79 Å². The van der Waals surface area contributed by atoms with Gasteiger partial charge in [0.05, 0.1) is 33.4 Å². The van der Waals surface area contributed by atoms with E-state index in [9.17, 15) is 24.5 Å². The Labute approximate surface area is 208 Å². The molecule has 10 nitrogen and oxygen atoms in total. The third kappa shape index (κ3) is 4.86. The number of nitrogens with zero attached hydrogens (tertiary/aromatic N) is 3. The van der Waals surface area contributed by atoms with Crippen molar-refractivity contribution in [2.45, 2.75) is 26.8 Å². The molecule has 184 valence electrons. The Kier molecular flexibility index (Phi) is 6.93. The quantitative estimate of drug-likeness (QED) is 0.217. The van der Waals surface area contributed by atoms with Crippen molar-refractivity contribution < 1.29 is 24.0 Å². The van der Waals surface area contributed by atoms with Crippen LogP contribution < -0.4 is 19.6 Å². The molecule has 0 saturated carbocycles. The van der Waals surface area contributed by atoms with Crippen molar-refractivity contribution in [1.82, 2.24) is 4.57 Å². The van der Waals surface area contributed by atoms with Crippen molar-refractivity contribution in [2.75, 3.05) is 6.61 Å². The summed E-state index contributed by atoms with van der Waals surface area (Å²) in [6.45, 7) is 4.70. The number of nitro benzene ring substituents is 1. The summed E-state index contributed by atoms with van der Waals surface area (Å²) >= 11 is 1.12. The van der Waals surface area contributed by atoms with Crippen molar-refractivity contribution >= 4 is 35.0 Å². The number of rotatable bonds is 6. The first-order chi connectivity index (χ1) is 17.2. The van der Waals surface area contributed by atoms with Crippen molar-refractivity contribution in [2.24, 2.45) is 4.99 Å². The summed E-state index contributed by atoms with van der Waals surface area (Å²) in [5.74, 6) is -0.789. The van der Waals surface area contributed by atoms with Crippen LogP contribution >= 0.6 is 11.3 Å². The maximum atomic E-state index is 13.6. The molecule has 1 aliphatic rings. The SMILES string of the molecule is CCOC(=O)C1=C(C)N=c2s/c(=C\c3cccc(OC(C)=O)c3)c(=O)n2C1c1cccc([N+](=O)[O-])c1. The second-order valence-electron chi connectivity index (χ2n) is 7.82. The van der Waals surface area contributed by atoms with Gasteiger partial charge in [-0.3, -0.25) is 24.3 Å². The van der Waals surface area contributed by atoms with Crippen LogP contribution in [-0.2, 0) is 14.3 Å². The lowest BCUT2D eigenvalue weighted by Gasteiger charge is -2.24. The molecule has 0 saturated heterocycles. The molecule has 3 aromatic rings. The Morgan fingerprint density at radius 3 is 2.67 bits per heavy atom. The van der Waals surface area contributed by atoms with Crippen LogP contribution in [0.3, 0.4) is 0 Å². The molecule has 0 amide bonds. The largest absolute Gasteiger partial charge is 0.463 e. The van der Waals surface area contributed by atoms with Crippen LogP contribution in [0.5, 0.6) is 5.75 Å². The zero-order chi connectivity index (χ0) is 26.0. The van der Waals surface area contributed by atoms with Gasteiger partial charge in [-0.05, 0) is 43.2 Å². The first-order valence-electron chi connectivity index (χ1n) is 10.9. The van der Waals surface area contributed by atoms with E-state index < -0.39 is 28.5 Å². The first-order valence-corrected chi connectivity index (χ1v) is 11.7. The highest BCUT2D eigenvalue weighted by Gasteiger charge is 2.34. The summed E-state index contributed by atoms with van der Waals surface area (Å²) in [5.41, 5.74) is 0.887. The minimum Gasteiger partial charge on any atom is -0.463 e. The van der Waals surface area contributed by atoms with Crippen LogP contribution in [0.2, 0.25) is 0 Å². The smallest absolute Gasteiger partial charge is 0.338 e. The Morgan fingerprint density at radius 1 is 1.22 bits per heavy atom. The highest BCUT2D eigenvalue weighted by molar-refractivity contribution is 7.07. The minimum atomic E-state index is -0.963. The van der Waals surface area contributed by atoms with Crippen LogP contribution in [0, 0.1) is 10.1 Å². The Hall–Kier alpha value is -4.38. The lowest BCUT2D eigenvalue weighted by Crippen LogP contribution is -2.40. The standard InChI is InChI=1S/C25H21N3O7S/c1-4-34-24(31)21-14(2)26-25-27(22(21)17-8-6-9-18(13-17)28(32)33)23(30)20(36-25)12-16-7-5-10-19(11-16)35-15(3)29/h5-13,22H,4H2,1-3H3/b20-12-. The fourth-order valence-corrected chi connectivity index (χ4v) is 4.95. The normalized spacial score (nSPS) is 15.2. The summed E-state index contributed by atoms with van der Waals surface area (Å²) in [7, 11) is 0. The second-order valence-corrected chi connectivity index (χ2v) is 8.83. The molecule has 2 heterocycles. The van der Waals surface area contributed by atoms with Crippen molar-refractivity contribution in [3.8, 4) is 5.75 Å². The number of esters is 2. The molecular weight excluding hydrogens is 486 g/mol. The van der Waals surface area contributed by atoms with Crippen LogP contribution in [-0.4, -0.2) is 28.0 Å². The van der Waals surface area contributed by atoms with Gasteiger partial charge in [0, 0.05) is 19.1 Å². The molecule has 1 unspecified atom stereocenters. The van der Waals surface area contributed by atoms with E-state index in [0.717, 1.165) is 11.3 Å². The van der Waals surface area contributed by atoms with Gasteiger partial charge in [-0.2, -0.15) is 0 Å². The predicted octanol–water partition coefficient (Wildman–Crippen LogP) is 2.63. The molecule has 1 atom stereocenters. The zero-order valence-electron chi connectivity index (χ0n) is 19.6. The molecule has 0 spiro atoms. The maximum Gasteiger partial charge on any atom is 0.338 e. The van der Waals surface area contributed by atoms with Gasteiger partial charge < -0.3 is 9.47 Å². The van der Waals surface area contributed by atoms with Crippen molar-refractivity contribution in [1.29, 1.82) is 0 Å². The number of non-ortho nitro benzene ring substituents is 1. The number of aromatic nitrogens is 1. The maximum absolute atomic E-state index is 13.6. The fourth-order valence-electron chi connectivity index (χ4n) is 3.90. The molecular formula is C25H21N3O7S. The van der Waals surface area contributed by atoms with Crippen LogP contribution in [0.4, 0.5) is 5.69 Å². The highest BCUT2D eigenvalue weighted by atomic mass is 32.1. The van der Waals surface area contributed by atoms with E-state index in [4.69, 9.17) is 9.47 Å². The molecule has 2 aromatic carbocycles. The van der Waals surface area contributed by atoms with Gasteiger partial charge in [-0.15, -0.1) is 0 Å². The minimum absolute atomic E-state index is 0.111. The Bertz CT molecular complexity index is 1600. The van der Waals surface area contributed by atoms with E-state index in [-0.39, 0.29) is 17.9 Å². The number of carbonyl (C=O) groups excluding carboxylic acids is 2. The van der Waals surface area contributed by atoms with E-state index in [1.807, 2.05) is 0 Å². The summed E-state index contributed by atoms with van der Waals surface area (Å²) in [4.78, 5) is 53.5. The number of benzene rings is 2. The van der Waals surface area contributed by atoms with E-state index in [1.54, 1.807) is 50.3 Å². The molecule has 36 heavy (non-hydrogen) atoms. The summed E-state index contributed by atoms with van der Waals surface area (Å²) in [5, 5.41) is 11.4. The lowest BCUT2D eigenvalue weighted by atomic mass is 9.95. The zero-order valence-corrected chi connectivity index (χ0v) is 20.4. The fraction of sp³-hybridized carbons (Fsp3) is 0.200. The third-order valence-electron chi connectivity index (χ3n) is 5.33. The summed E-state index contributed by atoms with van der Waals surface area (Å²) in [6.07, 6.45) is 1.63. The number of allylic oxidation sites excluding steroid dienone is 1. The average molecular weight is 508 g/mol. The molecule has 0 bridgehead atoms. The van der Waals surface area contributed by atoms with Gasteiger partial charge >= 0.3 is 11.9 Å². The number of hydrogen-bond acceptors (Lipinski definition) is 9. The summed E-state index contributed by atoms with van der Waals surface area (Å²) in [6, 6.07) is 11.5. The van der Waals surface area contributed by atoms with E-state index >= 15 is 0 Å². The van der Waals surface area contributed by atoms with Gasteiger partial charge in [0.2, 0.25) is 0 Å². The molecule has 4 rings (SSSR count). The Balaban J connectivity index is 1.93. The van der Waals surface area contributed by atoms with Crippen LogP contribution in [0.1, 0.15) is 37.9 Å². The van der Waals surface area contributed by atoms with E-state index in [1.165, 1.54) is 29.7 Å². The highest BCUT2D eigenvalue weighted by Crippen LogP contribution is 2.32. The van der Waals surface area contributed by atoms with Crippen LogP contribution in [0.25, 0.3) is 6.08 Å². The number of carbonyl (C=O) groups is 2. The number of thiazole rings is 1. The molecule has 0 N–H and O–H groups in total. The summed E-state index contributed by atoms with van der Waals surface area (Å²) < 4.78 is 12.0. The molecule has 11 heteroatoms. The third-order valence-corrected chi connectivity index (χ3v) is 6.31. The molecule has 0 radical (unpaired) electrons. The average Bonchev–Trinajstić information content (AvgIpc) is 3.12. The van der Waals surface area contributed by atoms with Gasteiger partial charge in [0.15, 0.2) is 4.80 Å². The number of fused-ring (bicyclic) bond motifs is 1. The van der Waals surface area contributed by atoms with E-state index in [2.05, 4.69) is 4.99 Å². The number of hydrogen-bond donors (Lipinski definition) is 0. The predicted molar refractivity (Wildman–Crippen MR) is 131 cm³/mol.